The highest BCUT2D eigenvalue weighted by Gasteiger charge is 2.56. The molecule has 0 unspecified atom stereocenters. The van der Waals surface area contributed by atoms with Crippen LogP contribution in [-0.4, -0.2) is 77.4 Å². The topological polar surface area (TPSA) is 108 Å². The Balaban J connectivity index is 0.000000296. The van der Waals surface area contributed by atoms with E-state index in [-0.39, 0.29) is 24.1 Å². The molecule has 12 heteroatoms. The molecule has 1 N–H and O–H groups in total. The van der Waals surface area contributed by atoms with Crippen molar-refractivity contribution >= 4 is 28.8 Å². The van der Waals surface area contributed by atoms with E-state index in [0.717, 1.165) is 53.7 Å². The fourth-order valence-corrected chi connectivity index (χ4v) is 5.87. The average molecular weight is 602 g/mol. The number of carbonyl (C=O) groups is 2. The zero-order valence-corrected chi connectivity index (χ0v) is 25.9. The largest absolute Gasteiger partial charge is 0.496 e. The lowest BCUT2D eigenvalue weighted by Gasteiger charge is -2.51. The molecule has 0 radical (unpaired) electrons. The van der Waals surface area contributed by atoms with Crippen molar-refractivity contribution in [3.63, 3.8) is 0 Å². The summed E-state index contributed by atoms with van der Waals surface area (Å²) in [7, 11) is 4.65. The van der Waals surface area contributed by atoms with Crippen LogP contribution >= 0.6 is 0 Å². The van der Waals surface area contributed by atoms with Crippen molar-refractivity contribution in [3.8, 4) is 5.75 Å². The molecule has 0 atom stereocenters. The Morgan fingerprint density at radius 2 is 1.79 bits per heavy atom. The van der Waals surface area contributed by atoms with E-state index in [0.29, 0.717) is 12.4 Å². The number of fused-ring (bicyclic) bond motifs is 1. The molecular formula is C31H41F2N5O5. The Morgan fingerprint density at radius 1 is 1.12 bits per heavy atom. The smallest absolute Gasteiger partial charge is 0.419 e. The predicted octanol–water partition coefficient (Wildman–Crippen LogP) is 6.06. The number of esters is 1. The Kier molecular flexibility index (Phi) is 9.29. The number of nitrogens with one attached hydrogen (secondary N) is 1. The van der Waals surface area contributed by atoms with E-state index in [1.54, 1.807) is 31.0 Å². The number of benzene rings is 1. The number of rotatable bonds is 5. The highest BCUT2D eigenvalue weighted by molar-refractivity contribution is 5.95. The van der Waals surface area contributed by atoms with Gasteiger partial charge in [-0.25, -0.2) is 28.3 Å². The maximum absolute atomic E-state index is 13.4. The van der Waals surface area contributed by atoms with Crippen LogP contribution in [0.4, 0.5) is 19.4 Å². The number of piperidine rings is 1. The number of alkyl halides is 2. The summed E-state index contributed by atoms with van der Waals surface area (Å²) in [6.45, 7) is 9.74. The number of ether oxygens (including phenoxy) is 3. The minimum absolute atomic E-state index is 0.0324. The molecule has 0 bridgehead atoms. The number of hydrogen-bond donors (Lipinski definition) is 1. The first-order valence-electron chi connectivity index (χ1n) is 14.3. The maximum Gasteiger partial charge on any atom is 0.419 e. The highest BCUT2D eigenvalue weighted by Crippen LogP contribution is 2.57. The minimum Gasteiger partial charge on any atom is -0.496 e. The van der Waals surface area contributed by atoms with Gasteiger partial charge in [-0.1, -0.05) is 0 Å². The predicted molar refractivity (Wildman–Crippen MR) is 159 cm³/mol. The van der Waals surface area contributed by atoms with Crippen LogP contribution in [0.2, 0.25) is 0 Å². The Morgan fingerprint density at radius 3 is 2.35 bits per heavy atom. The Labute approximate surface area is 250 Å². The first-order chi connectivity index (χ1) is 20.2. The second-order valence-corrected chi connectivity index (χ2v) is 12.3. The number of aryl methyl sites for hydroxylation is 1. The van der Waals surface area contributed by atoms with Crippen LogP contribution in [0.3, 0.4) is 0 Å². The molecule has 1 aliphatic heterocycles. The molecule has 3 aromatic rings. The van der Waals surface area contributed by atoms with Crippen LogP contribution in [0.5, 0.6) is 5.75 Å². The Hall–Kier alpha value is -3.80. The number of aromatic nitrogens is 3. The third-order valence-electron chi connectivity index (χ3n) is 7.89. The monoisotopic (exact) mass is 601 g/mol. The van der Waals surface area contributed by atoms with Gasteiger partial charge >= 0.3 is 12.1 Å². The van der Waals surface area contributed by atoms with Crippen molar-refractivity contribution < 1.29 is 32.6 Å². The summed E-state index contributed by atoms with van der Waals surface area (Å²) in [6.07, 6.45) is 4.50. The molecule has 1 saturated carbocycles. The number of hydrogen-bond acceptors (Lipinski definition) is 9. The number of methoxy groups -OCH3 is 2. The van der Waals surface area contributed by atoms with Gasteiger partial charge < -0.3 is 19.5 Å². The molecule has 2 aromatic heterocycles. The second-order valence-electron chi connectivity index (χ2n) is 12.3. The SMILES string of the molecule is CNc1ccnc(C(=O)OC)n1.COc1cc(C)c2c(ccn2C(=O)OC(C)(C)C)c1CN1CCC2(CC1)CC(F)(F)C2. The van der Waals surface area contributed by atoms with Gasteiger partial charge in [0.25, 0.3) is 0 Å². The van der Waals surface area contributed by atoms with E-state index < -0.39 is 23.6 Å². The van der Waals surface area contributed by atoms with Crippen molar-refractivity contribution in [1.29, 1.82) is 0 Å². The van der Waals surface area contributed by atoms with E-state index in [1.807, 2.05) is 39.8 Å². The zero-order valence-electron chi connectivity index (χ0n) is 25.9. The normalized spacial score (nSPS) is 17.4. The maximum atomic E-state index is 13.4. The van der Waals surface area contributed by atoms with E-state index in [9.17, 15) is 18.4 Å². The molecule has 234 valence electrons. The van der Waals surface area contributed by atoms with Crippen molar-refractivity contribution in [2.24, 2.45) is 5.41 Å². The lowest BCUT2D eigenvalue weighted by molar-refractivity contribution is -0.178. The van der Waals surface area contributed by atoms with E-state index >= 15 is 0 Å². The summed E-state index contributed by atoms with van der Waals surface area (Å²) in [5, 5.41) is 3.74. The molecular weight excluding hydrogens is 560 g/mol. The van der Waals surface area contributed by atoms with Crippen LogP contribution in [0.25, 0.3) is 10.9 Å². The molecule has 1 aliphatic carbocycles. The summed E-state index contributed by atoms with van der Waals surface area (Å²) >= 11 is 0. The number of nitrogens with zero attached hydrogens (tertiary/aromatic N) is 4. The van der Waals surface area contributed by atoms with Gasteiger partial charge in [0.2, 0.25) is 11.7 Å². The number of anilines is 1. The molecule has 1 spiro atoms. The molecule has 43 heavy (non-hydrogen) atoms. The molecule has 2 aliphatic rings. The number of carbonyl (C=O) groups excluding carboxylic acids is 2. The van der Waals surface area contributed by atoms with Gasteiger partial charge in [0, 0.05) is 49.8 Å². The van der Waals surface area contributed by atoms with Gasteiger partial charge in [-0.15, -0.1) is 0 Å². The van der Waals surface area contributed by atoms with E-state index in [4.69, 9.17) is 9.47 Å². The Bertz CT molecular complexity index is 1470. The summed E-state index contributed by atoms with van der Waals surface area (Å²) in [6, 6.07) is 5.55. The minimum atomic E-state index is -2.47. The van der Waals surface area contributed by atoms with Gasteiger partial charge in [0.05, 0.1) is 19.7 Å². The van der Waals surface area contributed by atoms with Crippen molar-refractivity contribution in [1.82, 2.24) is 19.4 Å². The number of likely N-dealkylation sites (tertiary alicyclic amines) is 1. The summed E-state index contributed by atoms with van der Waals surface area (Å²) in [5.74, 6) is -1.58. The fraction of sp³-hybridized carbons (Fsp3) is 0.548. The third-order valence-corrected chi connectivity index (χ3v) is 7.89. The van der Waals surface area contributed by atoms with Gasteiger partial charge in [0.15, 0.2) is 0 Å². The lowest BCUT2D eigenvalue weighted by atomic mass is 9.61. The van der Waals surface area contributed by atoms with Crippen molar-refractivity contribution in [3.05, 3.63) is 47.5 Å². The van der Waals surface area contributed by atoms with Crippen LogP contribution in [0, 0.1) is 12.3 Å². The van der Waals surface area contributed by atoms with Crippen molar-refractivity contribution in [2.75, 3.05) is 39.7 Å². The second kappa shape index (κ2) is 12.4. The first-order valence-corrected chi connectivity index (χ1v) is 14.3. The average Bonchev–Trinajstić information content (AvgIpc) is 3.40. The van der Waals surface area contributed by atoms with Crippen LogP contribution in [0.15, 0.2) is 30.6 Å². The standard InChI is InChI=1S/C24H32F2N2O3.C7H9N3O2/c1-16-12-19(30-5)18(13-27-10-7-23(8-11-27)14-24(25,26)15-23)17-6-9-28(20(16)17)21(29)31-22(2,3)4;1-8-5-3-4-9-6(10-5)7(11)12-2/h6,9,12H,7-8,10-11,13-15H2,1-5H3;3-4H,1-2H3,(H,8,9,10). The molecule has 5 rings (SSSR count). The van der Waals surface area contributed by atoms with Crippen LogP contribution in [0.1, 0.15) is 68.2 Å². The zero-order chi connectivity index (χ0) is 31.6. The fourth-order valence-electron chi connectivity index (χ4n) is 5.87. The number of halogens is 2. The molecule has 0 amide bonds. The van der Waals surface area contributed by atoms with E-state index in [2.05, 4.69) is 24.9 Å². The van der Waals surface area contributed by atoms with Gasteiger partial charge in [-0.2, -0.15) is 0 Å². The summed E-state index contributed by atoms with van der Waals surface area (Å²) in [5.41, 5.74) is 2.00. The van der Waals surface area contributed by atoms with Crippen molar-refractivity contribution in [2.45, 2.75) is 71.4 Å². The molecule has 2 fully saturated rings. The van der Waals surface area contributed by atoms with Crippen LogP contribution < -0.4 is 10.1 Å². The highest BCUT2D eigenvalue weighted by atomic mass is 19.3. The summed E-state index contributed by atoms with van der Waals surface area (Å²) < 4.78 is 44.1. The summed E-state index contributed by atoms with van der Waals surface area (Å²) in [4.78, 5) is 33.6. The first kappa shape index (κ1) is 32.1. The molecule has 1 saturated heterocycles. The molecule has 1 aromatic carbocycles. The van der Waals surface area contributed by atoms with Gasteiger partial charge in [-0.3, -0.25) is 9.47 Å². The van der Waals surface area contributed by atoms with Gasteiger partial charge in [0.1, 0.15) is 17.2 Å². The molecule has 3 heterocycles. The lowest BCUT2D eigenvalue weighted by Crippen LogP contribution is -2.52. The molecule has 10 nitrogen and oxygen atoms in total. The van der Waals surface area contributed by atoms with Crippen LogP contribution in [-0.2, 0) is 16.0 Å². The third kappa shape index (κ3) is 7.41. The van der Waals surface area contributed by atoms with Gasteiger partial charge in [-0.05, 0) is 82.8 Å². The van der Waals surface area contributed by atoms with E-state index in [1.165, 1.54) is 13.3 Å². The quantitative estimate of drug-likeness (QED) is 0.349.